The molecule has 4 N–H and O–H groups in total. The van der Waals surface area contributed by atoms with Crippen molar-refractivity contribution in [2.24, 2.45) is 0 Å². The molecule has 0 aliphatic rings. The molecule has 8 heteroatoms. The van der Waals surface area contributed by atoms with Crippen LogP contribution in [0.3, 0.4) is 0 Å². The fourth-order valence-electron chi connectivity index (χ4n) is 6.64. The minimum atomic E-state index is 0.874. The number of benzene rings is 6. The number of fused-ring (bicyclic) bond motifs is 4. The summed E-state index contributed by atoms with van der Waals surface area (Å²) in [6.45, 7) is 8.35. The molecular formula is C44H36N8. The number of aryl methyl sites for hydroxylation is 4. The number of nitrogens with one attached hydrogen (secondary N) is 4. The molecule has 10 rings (SSSR count). The van der Waals surface area contributed by atoms with Crippen LogP contribution in [0, 0.1) is 27.7 Å². The summed E-state index contributed by atoms with van der Waals surface area (Å²) < 4.78 is 0. The molecule has 0 fully saturated rings. The third kappa shape index (κ3) is 6.00. The van der Waals surface area contributed by atoms with Crippen LogP contribution in [0.15, 0.2) is 121 Å². The molecule has 0 bridgehead atoms. The van der Waals surface area contributed by atoms with Crippen molar-refractivity contribution in [3.8, 4) is 45.6 Å². The lowest BCUT2D eigenvalue weighted by molar-refractivity contribution is 1.31. The molecule has 0 radical (unpaired) electrons. The second-order valence-electron chi connectivity index (χ2n) is 13.6. The van der Waals surface area contributed by atoms with Crippen molar-refractivity contribution in [3.05, 3.63) is 144 Å². The van der Waals surface area contributed by atoms with Gasteiger partial charge < -0.3 is 19.9 Å². The number of nitrogens with zero attached hydrogens (tertiary/aromatic N) is 4. The summed E-state index contributed by atoms with van der Waals surface area (Å²) >= 11 is 0. The van der Waals surface area contributed by atoms with Crippen LogP contribution in [0.25, 0.3) is 89.7 Å². The fraction of sp³-hybridized carbons (Fsp3) is 0.0909. The van der Waals surface area contributed by atoms with Gasteiger partial charge in [0.2, 0.25) is 0 Å². The van der Waals surface area contributed by atoms with Gasteiger partial charge in [-0.3, -0.25) is 0 Å². The molecule has 0 amide bonds. The molecule has 4 heterocycles. The molecule has 0 saturated carbocycles. The average molecular weight is 677 g/mol. The summed E-state index contributed by atoms with van der Waals surface area (Å²) in [5.41, 5.74) is 17.3. The van der Waals surface area contributed by atoms with E-state index >= 15 is 0 Å². The van der Waals surface area contributed by atoms with E-state index in [0.717, 1.165) is 89.7 Å². The van der Waals surface area contributed by atoms with Gasteiger partial charge in [0.15, 0.2) is 0 Å². The van der Waals surface area contributed by atoms with E-state index in [1.54, 1.807) is 0 Å². The topological polar surface area (TPSA) is 115 Å². The third-order valence-electron chi connectivity index (χ3n) is 9.39. The highest BCUT2D eigenvalue weighted by molar-refractivity contribution is 5.84. The van der Waals surface area contributed by atoms with Gasteiger partial charge in [-0.25, -0.2) is 19.9 Å². The normalized spacial score (nSPS) is 11.5. The Balaban J connectivity index is 0.000000138. The maximum atomic E-state index is 4.73. The Labute approximate surface area is 300 Å². The zero-order valence-corrected chi connectivity index (χ0v) is 29.3. The SMILES string of the molecule is Cc1ccc2nc(-c3ccc(-c4nc5ccc(C)cc5[nH]4)cc3)[nH]c2c1.Cc1ccc2nc(-c3cccc(-c4nc5ccc(C)cc5[nH]4)c3)[nH]c2c1. The Kier molecular flexibility index (Phi) is 7.51. The molecule has 8 nitrogen and oxygen atoms in total. The van der Waals surface area contributed by atoms with E-state index < -0.39 is 0 Å². The van der Waals surface area contributed by atoms with E-state index in [-0.39, 0.29) is 0 Å². The third-order valence-corrected chi connectivity index (χ3v) is 9.39. The molecule has 10 aromatic rings. The summed E-state index contributed by atoms with van der Waals surface area (Å²) in [4.78, 5) is 32.5. The van der Waals surface area contributed by atoms with Crippen molar-refractivity contribution < 1.29 is 0 Å². The molecule has 252 valence electrons. The first-order valence-corrected chi connectivity index (χ1v) is 17.4. The lowest BCUT2D eigenvalue weighted by atomic mass is 10.1. The maximum Gasteiger partial charge on any atom is 0.138 e. The van der Waals surface area contributed by atoms with E-state index in [0.29, 0.717) is 0 Å². The van der Waals surface area contributed by atoms with Crippen LogP contribution in [0.1, 0.15) is 22.3 Å². The number of rotatable bonds is 4. The number of H-pyrrole nitrogens is 4. The highest BCUT2D eigenvalue weighted by Gasteiger charge is 2.11. The fourth-order valence-corrected chi connectivity index (χ4v) is 6.64. The summed E-state index contributed by atoms with van der Waals surface area (Å²) in [7, 11) is 0. The van der Waals surface area contributed by atoms with E-state index in [2.05, 4.69) is 163 Å². The maximum absolute atomic E-state index is 4.73. The molecule has 4 aromatic heterocycles. The van der Waals surface area contributed by atoms with Crippen LogP contribution >= 0.6 is 0 Å². The van der Waals surface area contributed by atoms with Crippen LogP contribution in [0.4, 0.5) is 0 Å². The summed E-state index contributed by atoms with van der Waals surface area (Å²) in [5.74, 6) is 3.52. The Morgan fingerprint density at radius 1 is 0.308 bits per heavy atom. The van der Waals surface area contributed by atoms with Gasteiger partial charge >= 0.3 is 0 Å². The van der Waals surface area contributed by atoms with E-state index in [1.807, 2.05) is 6.07 Å². The lowest BCUT2D eigenvalue weighted by Gasteiger charge is -2.00. The smallest absolute Gasteiger partial charge is 0.138 e. The van der Waals surface area contributed by atoms with Crippen LogP contribution in [-0.2, 0) is 0 Å². The quantitative estimate of drug-likeness (QED) is 0.148. The molecule has 52 heavy (non-hydrogen) atoms. The number of aromatic amines is 4. The van der Waals surface area contributed by atoms with Gasteiger partial charge in [0, 0.05) is 22.3 Å². The molecule has 0 atom stereocenters. The molecule has 0 saturated heterocycles. The van der Waals surface area contributed by atoms with Gasteiger partial charge in [0.1, 0.15) is 23.3 Å². The largest absolute Gasteiger partial charge is 0.338 e. The highest BCUT2D eigenvalue weighted by atomic mass is 14.9. The number of aromatic nitrogens is 8. The summed E-state index contributed by atoms with van der Waals surface area (Å²) in [6.07, 6.45) is 0. The molecule has 0 unspecified atom stereocenters. The zero-order chi connectivity index (χ0) is 35.3. The second kappa shape index (κ2) is 12.5. The first kappa shape index (κ1) is 31.2. The number of hydrogen-bond donors (Lipinski definition) is 4. The van der Waals surface area contributed by atoms with Crippen LogP contribution < -0.4 is 0 Å². The van der Waals surface area contributed by atoms with Crippen LogP contribution in [-0.4, -0.2) is 39.9 Å². The van der Waals surface area contributed by atoms with Crippen molar-refractivity contribution in [2.75, 3.05) is 0 Å². The Hall–Kier alpha value is -6.80. The average Bonchev–Trinajstić information content (AvgIpc) is 3.96. The van der Waals surface area contributed by atoms with E-state index in [1.165, 1.54) is 22.3 Å². The van der Waals surface area contributed by atoms with Gasteiger partial charge in [0.05, 0.1) is 44.1 Å². The molecular weight excluding hydrogens is 641 g/mol. The Bertz CT molecular complexity index is 2710. The summed E-state index contributed by atoms with van der Waals surface area (Å²) in [6, 6.07) is 41.7. The minimum Gasteiger partial charge on any atom is -0.338 e. The lowest BCUT2D eigenvalue weighted by Crippen LogP contribution is -1.84. The second-order valence-corrected chi connectivity index (χ2v) is 13.6. The monoisotopic (exact) mass is 676 g/mol. The van der Waals surface area contributed by atoms with Crippen molar-refractivity contribution in [1.82, 2.24) is 39.9 Å². The van der Waals surface area contributed by atoms with Crippen molar-refractivity contribution >= 4 is 44.1 Å². The molecule has 6 aromatic carbocycles. The minimum absolute atomic E-state index is 0.874. The van der Waals surface area contributed by atoms with Gasteiger partial charge in [0.25, 0.3) is 0 Å². The first-order chi connectivity index (χ1) is 25.3. The first-order valence-electron chi connectivity index (χ1n) is 17.4. The number of hydrogen-bond acceptors (Lipinski definition) is 4. The van der Waals surface area contributed by atoms with Crippen molar-refractivity contribution in [2.45, 2.75) is 27.7 Å². The van der Waals surface area contributed by atoms with Gasteiger partial charge in [-0.15, -0.1) is 0 Å². The summed E-state index contributed by atoms with van der Waals surface area (Å²) in [5, 5.41) is 0. The van der Waals surface area contributed by atoms with E-state index in [4.69, 9.17) is 19.9 Å². The highest BCUT2D eigenvalue weighted by Crippen LogP contribution is 2.28. The van der Waals surface area contributed by atoms with Crippen molar-refractivity contribution in [3.63, 3.8) is 0 Å². The zero-order valence-electron chi connectivity index (χ0n) is 29.3. The van der Waals surface area contributed by atoms with Gasteiger partial charge in [-0.05, 0) is 105 Å². The predicted molar refractivity (Wildman–Crippen MR) is 212 cm³/mol. The van der Waals surface area contributed by atoms with Gasteiger partial charge in [-0.2, -0.15) is 0 Å². The molecule has 0 aliphatic carbocycles. The van der Waals surface area contributed by atoms with Crippen molar-refractivity contribution in [1.29, 1.82) is 0 Å². The Morgan fingerprint density at radius 3 is 0.904 bits per heavy atom. The Morgan fingerprint density at radius 2 is 0.596 bits per heavy atom. The predicted octanol–water partition coefficient (Wildman–Crippen LogP) is 10.8. The standard InChI is InChI=1S/2C22H18N4/c1-13-3-9-17-19(11-13)25-21(23-17)15-5-7-16(8-6-15)22-24-18-10-4-14(2)12-20(18)26-22;1-13-6-8-17-19(10-13)25-21(23-17)15-4-3-5-16(12-15)22-24-18-9-7-14(2)11-20(18)26-22/h2*3-12H,1-2H3,(H,23,25)(H,24,26). The molecule has 0 spiro atoms. The van der Waals surface area contributed by atoms with Gasteiger partial charge in [-0.1, -0.05) is 66.7 Å². The molecule has 0 aliphatic heterocycles. The van der Waals surface area contributed by atoms with E-state index in [9.17, 15) is 0 Å². The van der Waals surface area contributed by atoms with Crippen LogP contribution in [0.5, 0.6) is 0 Å². The van der Waals surface area contributed by atoms with Crippen LogP contribution in [0.2, 0.25) is 0 Å². The number of imidazole rings is 4.